The zero-order chi connectivity index (χ0) is 15.4. The zero-order valence-corrected chi connectivity index (χ0v) is 12.0. The van der Waals surface area contributed by atoms with Gasteiger partial charge >= 0.3 is 0 Å². The van der Waals surface area contributed by atoms with E-state index in [0.717, 1.165) is 19.5 Å². The Morgan fingerprint density at radius 3 is 2.41 bits per heavy atom. The van der Waals surface area contributed by atoms with Gasteiger partial charge in [-0.15, -0.1) is 0 Å². The fourth-order valence-electron chi connectivity index (χ4n) is 2.36. The first-order valence-electron chi connectivity index (χ1n) is 7.19. The minimum atomic E-state index is -0.307. The van der Waals surface area contributed by atoms with E-state index in [-0.39, 0.29) is 23.5 Å². The molecule has 3 rings (SSSR count). The molecule has 0 bridgehead atoms. The first-order valence-corrected chi connectivity index (χ1v) is 7.19. The average Bonchev–Trinajstić information content (AvgIpc) is 3.23. The summed E-state index contributed by atoms with van der Waals surface area (Å²) in [6.45, 7) is 1.61. The molecule has 6 nitrogen and oxygen atoms in total. The van der Waals surface area contributed by atoms with E-state index in [1.54, 1.807) is 36.4 Å². The monoisotopic (exact) mass is 299 g/mol. The normalized spacial score (nSPS) is 17.2. The molecule has 2 amide bonds. The van der Waals surface area contributed by atoms with Crippen LogP contribution in [-0.2, 0) is 4.79 Å². The van der Waals surface area contributed by atoms with Crippen molar-refractivity contribution < 1.29 is 14.0 Å². The molecule has 2 heterocycles. The topological polar surface area (TPSA) is 83.4 Å². The maximum absolute atomic E-state index is 12.0. The number of nitrogens with one attached hydrogen (secondary N) is 3. The maximum atomic E-state index is 12.0. The van der Waals surface area contributed by atoms with Gasteiger partial charge in [-0.05, 0) is 49.4 Å². The van der Waals surface area contributed by atoms with Crippen molar-refractivity contribution in [2.75, 3.05) is 23.7 Å². The van der Waals surface area contributed by atoms with E-state index in [0.29, 0.717) is 11.4 Å². The molecule has 1 saturated heterocycles. The summed E-state index contributed by atoms with van der Waals surface area (Å²) in [5.41, 5.74) is 1.36. The van der Waals surface area contributed by atoms with Gasteiger partial charge in [-0.1, -0.05) is 0 Å². The van der Waals surface area contributed by atoms with E-state index in [1.807, 2.05) is 0 Å². The number of carbonyl (C=O) groups is 2. The van der Waals surface area contributed by atoms with Crippen molar-refractivity contribution in [2.24, 2.45) is 5.92 Å². The lowest BCUT2D eigenvalue weighted by Gasteiger charge is -2.10. The van der Waals surface area contributed by atoms with Crippen molar-refractivity contribution in [3.63, 3.8) is 0 Å². The van der Waals surface area contributed by atoms with Gasteiger partial charge in [0.1, 0.15) is 0 Å². The standard InChI is InChI=1S/C16H17N3O3/c20-15(11-7-8-17-10-11)18-12-3-5-13(6-4-12)19-16(21)14-2-1-9-22-14/h1-6,9,11,17H,7-8,10H2,(H,18,20)(H,19,21). The number of hydrogen-bond donors (Lipinski definition) is 3. The highest BCUT2D eigenvalue weighted by Gasteiger charge is 2.22. The molecule has 0 spiro atoms. The lowest BCUT2D eigenvalue weighted by molar-refractivity contribution is -0.119. The Labute approximate surface area is 127 Å². The first kappa shape index (κ1) is 14.3. The van der Waals surface area contributed by atoms with Gasteiger partial charge in [0.25, 0.3) is 5.91 Å². The van der Waals surface area contributed by atoms with Crippen molar-refractivity contribution in [1.82, 2.24) is 5.32 Å². The number of benzene rings is 1. The first-order chi connectivity index (χ1) is 10.7. The second kappa shape index (κ2) is 6.44. The minimum absolute atomic E-state index is 0.0253. The molecule has 1 aliphatic heterocycles. The number of furan rings is 1. The molecule has 3 N–H and O–H groups in total. The summed E-state index contributed by atoms with van der Waals surface area (Å²) < 4.78 is 5.03. The summed E-state index contributed by atoms with van der Waals surface area (Å²) in [5, 5.41) is 8.77. The number of rotatable bonds is 4. The van der Waals surface area contributed by atoms with Gasteiger partial charge in [0, 0.05) is 17.9 Å². The van der Waals surface area contributed by atoms with Gasteiger partial charge in [-0.2, -0.15) is 0 Å². The van der Waals surface area contributed by atoms with E-state index < -0.39 is 0 Å². The molecule has 22 heavy (non-hydrogen) atoms. The molecule has 1 aliphatic rings. The van der Waals surface area contributed by atoms with Gasteiger partial charge in [0.05, 0.1) is 12.2 Å². The molecule has 1 atom stereocenters. The second-order valence-electron chi connectivity index (χ2n) is 5.19. The third-order valence-corrected chi connectivity index (χ3v) is 3.59. The van der Waals surface area contributed by atoms with Gasteiger partial charge in [-0.25, -0.2) is 0 Å². The van der Waals surface area contributed by atoms with Gasteiger partial charge in [-0.3, -0.25) is 9.59 Å². The molecule has 6 heteroatoms. The summed E-state index contributed by atoms with van der Waals surface area (Å²) in [6.07, 6.45) is 2.31. The second-order valence-corrected chi connectivity index (χ2v) is 5.19. The summed E-state index contributed by atoms with van der Waals surface area (Å²) in [4.78, 5) is 23.8. The number of hydrogen-bond acceptors (Lipinski definition) is 4. The van der Waals surface area contributed by atoms with Crippen LogP contribution in [0.2, 0.25) is 0 Å². The van der Waals surface area contributed by atoms with Crippen molar-refractivity contribution in [3.05, 3.63) is 48.4 Å². The summed E-state index contributed by atoms with van der Waals surface area (Å²) in [5.74, 6) is 0.000585. The third-order valence-electron chi connectivity index (χ3n) is 3.59. The third kappa shape index (κ3) is 3.35. The number of anilines is 2. The fraction of sp³-hybridized carbons (Fsp3) is 0.250. The molecule has 1 unspecified atom stereocenters. The Morgan fingerprint density at radius 1 is 1.09 bits per heavy atom. The Bertz CT molecular complexity index is 644. The predicted octanol–water partition coefficient (Wildman–Crippen LogP) is 2.08. The van der Waals surface area contributed by atoms with Crippen molar-refractivity contribution in [2.45, 2.75) is 6.42 Å². The smallest absolute Gasteiger partial charge is 0.291 e. The molecule has 1 fully saturated rings. The SMILES string of the molecule is O=C(Nc1ccc(NC(=O)C2CCNC2)cc1)c1ccco1. The van der Waals surface area contributed by atoms with E-state index >= 15 is 0 Å². The molecule has 1 aromatic heterocycles. The molecule has 0 radical (unpaired) electrons. The van der Waals surface area contributed by atoms with Crippen molar-refractivity contribution in [1.29, 1.82) is 0 Å². The Balaban J connectivity index is 1.58. The van der Waals surface area contributed by atoms with Crippen molar-refractivity contribution in [3.8, 4) is 0 Å². The molecule has 2 aromatic rings. The summed E-state index contributed by atoms with van der Waals surface area (Å²) in [7, 11) is 0. The summed E-state index contributed by atoms with van der Waals surface area (Å²) >= 11 is 0. The zero-order valence-electron chi connectivity index (χ0n) is 12.0. The maximum Gasteiger partial charge on any atom is 0.291 e. The van der Waals surface area contributed by atoms with Crippen LogP contribution in [0.15, 0.2) is 47.1 Å². The summed E-state index contributed by atoms with van der Waals surface area (Å²) in [6, 6.07) is 10.3. The quantitative estimate of drug-likeness (QED) is 0.807. The van der Waals surface area contributed by atoms with E-state index in [1.165, 1.54) is 6.26 Å². The van der Waals surface area contributed by atoms with Crippen LogP contribution in [0, 0.1) is 5.92 Å². The lowest BCUT2D eigenvalue weighted by Crippen LogP contribution is -2.24. The number of carbonyl (C=O) groups excluding carboxylic acids is 2. The average molecular weight is 299 g/mol. The minimum Gasteiger partial charge on any atom is -0.459 e. The molecular formula is C16H17N3O3. The number of amides is 2. The molecule has 0 saturated carbocycles. The van der Waals surface area contributed by atoms with Crippen LogP contribution in [0.25, 0.3) is 0 Å². The largest absolute Gasteiger partial charge is 0.459 e. The van der Waals surface area contributed by atoms with Crippen LogP contribution in [0.4, 0.5) is 11.4 Å². The lowest BCUT2D eigenvalue weighted by atomic mass is 10.1. The molecular weight excluding hydrogens is 282 g/mol. The highest BCUT2D eigenvalue weighted by Crippen LogP contribution is 2.17. The van der Waals surface area contributed by atoms with Crippen molar-refractivity contribution >= 4 is 23.2 Å². The Kier molecular flexibility index (Phi) is 4.20. The van der Waals surface area contributed by atoms with Crippen LogP contribution >= 0.6 is 0 Å². The molecule has 1 aromatic carbocycles. The molecule has 0 aliphatic carbocycles. The van der Waals surface area contributed by atoms with E-state index in [9.17, 15) is 9.59 Å². The van der Waals surface area contributed by atoms with Gasteiger partial charge in [0.2, 0.25) is 5.91 Å². The van der Waals surface area contributed by atoms with E-state index in [2.05, 4.69) is 16.0 Å². The van der Waals surface area contributed by atoms with Gasteiger partial charge < -0.3 is 20.4 Å². The Morgan fingerprint density at radius 2 is 1.82 bits per heavy atom. The highest BCUT2D eigenvalue weighted by molar-refractivity contribution is 6.02. The van der Waals surface area contributed by atoms with Crippen LogP contribution in [0.3, 0.4) is 0 Å². The molecule has 114 valence electrons. The van der Waals surface area contributed by atoms with Gasteiger partial charge in [0.15, 0.2) is 5.76 Å². The van der Waals surface area contributed by atoms with E-state index in [4.69, 9.17) is 4.42 Å². The van der Waals surface area contributed by atoms with Crippen LogP contribution < -0.4 is 16.0 Å². The predicted molar refractivity (Wildman–Crippen MR) is 82.7 cm³/mol. The van der Waals surface area contributed by atoms with Crippen LogP contribution in [0.1, 0.15) is 17.0 Å². The Hall–Kier alpha value is -2.60. The highest BCUT2D eigenvalue weighted by atomic mass is 16.3. The van der Waals surface area contributed by atoms with Crippen LogP contribution in [-0.4, -0.2) is 24.9 Å². The van der Waals surface area contributed by atoms with Crippen LogP contribution in [0.5, 0.6) is 0 Å². The fourth-order valence-corrected chi connectivity index (χ4v) is 2.36.